The summed E-state index contributed by atoms with van der Waals surface area (Å²) in [4.78, 5) is 0. The van der Waals surface area contributed by atoms with Crippen LogP contribution in [0.3, 0.4) is 0 Å². The van der Waals surface area contributed by atoms with Crippen molar-refractivity contribution in [1.82, 2.24) is 0 Å². The molecule has 0 amide bonds. The van der Waals surface area contributed by atoms with Crippen LogP contribution in [0, 0.1) is 25.7 Å². The van der Waals surface area contributed by atoms with Crippen LogP contribution >= 0.6 is 0 Å². The molecule has 0 fully saturated rings. The summed E-state index contributed by atoms with van der Waals surface area (Å²) in [7, 11) is 0. The second-order valence-electron chi connectivity index (χ2n) is 0. The predicted octanol–water partition coefficient (Wildman–Crippen LogP) is -6.81. The van der Waals surface area contributed by atoms with E-state index in [0.29, 0.717) is 0 Å². The number of hydrogen-bond donors (Lipinski definition) is 0. The van der Waals surface area contributed by atoms with E-state index in [1.807, 2.05) is 0 Å². The van der Waals surface area contributed by atoms with Crippen LogP contribution < -0.4 is 24.8 Å². The fourth-order valence-electron chi connectivity index (χ4n) is 0. The molecule has 0 aliphatic carbocycles. The summed E-state index contributed by atoms with van der Waals surface area (Å²) in [6.45, 7) is 0. The van der Waals surface area contributed by atoms with Gasteiger partial charge >= 0.3 is 69.2 Å². The van der Waals surface area contributed by atoms with Crippen LogP contribution in [-0.4, -0.2) is 69.2 Å². The van der Waals surface area contributed by atoms with Crippen molar-refractivity contribution in [3.8, 4) is 0 Å². The summed E-state index contributed by atoms with van der Waals surface area (Å²) in [5.41, 5.74) is 0. The second kappa shape index (κ2) is 203. The summed E-state index contributed by atoms with van der Waals surface area (Å²) < 4.78 is 0. The zero-order valence-corrected chi connectivity index (χ0v) is 10.6. The molecule has 0 aliphatic rings. The Labute approximate surface area is 118 Å². The van der Waals surface area contributed by atoms with Gasteiger partial charge in [-0.1, -0.05) is 0 Å². The summed E-state index contributed by atoms with van der Waals surface area (Å²) >= 11 is 0. The van der Waals surface area contributed by atoms with Gasteiger partial charge in [0, 0.05) is 0 Å². The first kappa shape index (κ1) is 68.8. The minimum atomic E-state index is 0. The van der Waals surface area contributed by atoms with E-state index in [2.05, 4.69) is 0 Å². The second-order valence-corrected chi connectivity index (χ2v) is 0. The van der Waals surface area contributed by atoms with E-state index in [-0.39, 0.29) is 94.0 Å². The molecule has 36 valence electrons. The molecule has 0 aromatic carbocycles. The molecule has 5 heteroatoms. The molecule has 0 nitrogen and oxygen atoms in total. The Morgan fingerprint density at radius 3 is 0.444 bits per heavy atom. The van der Waals surface area contributed by atoms with Crippen molar-refractivity contribution in [3.63, 3.8) is 0 Å². The Hall–Kier alpha value is 2.00. The van der Waals surface area contributed by atoms with E-state index < -0.39 is 0 Å². The summed E-state index contributed by atoms with van der Waals surface area (Å²) in [5, 5.41) is 0. The third-order valence-corrected chi connectivity index (χ3v) is 0. The molecule has 0 aromatic heterocycles. The van der Waals surface area contributed by atoms with Gasteiger partial charge in [0.05, 0.1) is 0 Å². The van der Waals surface area contributed by atoms with Gasteiger partial charge in [0.1, 0.15) is 0 Å². The van der Waals surface area contributed by atoms with Crippen molar-refractivity contribution in [3.05, 3.63) is 25.7 Å². The van der Waals surface area contributed by atoms with Crippen LogP contribution in [0.5, 0.6) is 0 Å². The van der Waals surface area contributed by atoms with Crippen LogP contribution in [0.2, 0.25) is 0 Å². The Morgan fingerprint density at radius 1 is 0.444 bits per heavy atom. The molecule has 9 heavy (non-hydrogen) atoms. The van der Waals surface area contributed by atoms with Crippen LogP contribution in [0.25, 0.3) is 0 Å². The zero-order valence-electron chi connectivity index (χ0n) is 4.88. The number of rotatable bonds is 0. The largest absolute Gasteiger partial charge is 2.00 e. The molecule has 0 atom stereocenters. The van der Waals surface area contributed by atoms with Gasteiger partial charge in [-0.15, -0.1) is 0 Å². The van der Waals surface area contributed by atoms with Crippen LogP contribution in [0.4, 0.5) is 0 Å². The van der Waals surface area contributed by atoms with E-state index >= 15 is 0 Å². The maximum atomic E-state index is 5.00. The standard InChI is InChI=1S/2C2.2ClH.3Mg/c2*1-2;;;;;/h;;2*1H;;;/q2*-2;;;3*+2/p-2. The molecule has 0 aromatic rings. The van der Waals surface area contributed by atoms with E-state index in [4.69, 9.17) is 25.7 Å². The molecule has 0 spiro atoms. The fraction of sp³-hybridized carbons (Fsp3) is 0. The van der Waals surface area contributed by atoms with Gasteiger partial charge in [0.2, 0.25) is 0 Å². The van der Waals surface area contributed by atoms with E-state index in [0.717, 1.165) is 0 Å². The quantitative estimate of drug-likeness (QED) is 0.203. The van der Waals surface area contributed by atoms with Gasteiger partial charge in [-0.25, -0.2) is 0 Å². The third-order valence-electron chi connectivity index (χ3n) is 0. The molecule has 0 N–H and O–H groups in total. The minimum absolute atomic E-state index is 0. The van der Waals surface area contributed by atoms with E-state index in [1.54, 1.807) is 0 Å². The molecular formula is C4Cl2Mg3. The smallest absolute Gasteiger partial charge is 1.00 e. The molecule has 0 aliphatic heterocycles. The van der Waals surface area contributed by atoms with Gasteiger partial charge in [-0.2, -0.15) is 0 Å². The fourth-order valence-corrected chi connectivity index (χ4v) is 0. The molecule has 0 bridgehead atoms. The normalized spacial score (nSPS) is 0.444. The summed E-state index contributed by atoms with van der Waals surface area (Å²) in [5.74, 6) is 0. The van der Waals surface area contributed by atoms with Gasteiger partial charge < -0.3 is 50.5 Å². The maximum absolute atomic E-state index is 5.00. The van der Waals surface area contributed by atoms with Crippen LogP contribution in [-0.2, 0) is 0 Å². The monoisotopic (exact) mass is 190 g/mol. The first-order chi connectivity index (χ1) is 2.00. The average Bonchev–Trinajstić information content (AvgIpc) is 1.50. The predicted molar refractivity (Wildman–Crippen MR) is 30.2 cm³/mol. The first-order valence-corrected chi connectivity index (χ1v) is 0.500. The average molecular weight is 192 g/mol. The zero-order chi connectivity index (χ0) is 4.00. The van der Waals surface area contributed by atoms with Gasteiger partial charge in [0.15, 0.2) is 0 Å². The summed E-state index contributed by atoms with van der Waals surface area (Å²) in [6.07, 6.45) is 20.0. The topological polar surface area (TPSA) is 0 Å². The van der Waals surface area contributed by atoms with E-state index in [1.165, 1.54) is 0 Å². The van der Waals surface area contributed by atoms with Crippen molar-refractivity contribution in [2.24, 2.45) is 0 Å². The number of halogens is 2. The molecule has 0 saturated carbocycles. The van der Waals surface area contributed by atoms with Crippen molar-refractivity contribution in [1.29, 1.82) is 0 Å². The van der Waals surface area contributed by atoms with Crippen LogP contribution in [0.15, 0.2) is 0 Å². The van der Waals surface area contributed by atoms with Crippen LogP contribution in [0.1, 0.15) is 0 Å². The van der Waals surface area contributed by atoms with Gasteiger partial charge in [0.25, 0.3) is 0 Å². The molecule has 0 rings (SSSR count). The Balaban J connectivity index is -0.00000000114. The minimum Gasteiger partial charge on any atom is -1.00 e. The Bertz CT molecular complexity index is 29.3. The van der Waals surface area contributed by atoms with Crippen molar-refractivity contribution in [2.75, 3.05) is 0 Å². The van der Waals surface area contributed by atoms with Crippen molar-refractivity contribution < 1.29 is 24.8 Å². The van der Waals surface area contributed by atoms with Crippen molar-refractivity contribution in [2.45, 2.75) is 0 Å². The summed E-state index contributed by atoms with van der Waals surface area (Å²) in [6, 6.07) is 0. The SMILES string of the molecule is [C-]#[C-].[C-]#[C-].[Cl-].[Cl-].[Mg+2].[Mg+2].[Mg+2]. The van der Waals surface area contributed by atoms with E-state index in [9.17, 15) is 0 Å². The molecule has 0 heterocycles. The van der Waals surface area contributed by atoms with Gasteiger partial charge in [-0.05, 0) is 0 Å². The molecule has 0 unspecified atom stereocenters. The Morgan fingerprint density at radius 2 is 0.444 bits per heavy atom. The van der Waals surface area contributed by atoms with Gasteiger partial charge in [-0.3, -0.25) is 0 Å². The maximum Gasteiger partial charge on any atom is 2.00 e. The molecule has 0 radical (unpaired) electrons. The van der Waals surface area contributed by atoms with Crippen molar-refractivity contribution >= 4 is 69.2 Å². The number of hydrogen-bond acceptors (Lipinski definition) is 0. The third kappa shape index (κ3) is 160. The molecular weight excluding hydrogens is 192 g/mol. The first-order valence-electron chi connectivity index (χ1n) is 0.500. The Kier molecular flexibility index (Phi) is 1550. The molecule has 0 saturated heterocycles.